The number of hydrogen-bond donors (Lipinski definition) is 1. The van der Waals surface area contributed by atoms with Crippen molar-refractivity contribution in [3.8, 4) is 0 Å². The topological polar surface area (TPSA) is 74.7 Å². The fourth-order valence-corrected chi connectivity index (χ4v) is 6.45. The predicted molar refractivity (Wildman–Crippen MR) is 126 cm³/mol. The first-order chi connectivity index (χ1) is 15.4. The Balaban J connectivity index is 1.49. The number of aromatic nitrogens is 1. The highest BCUT2D eigenvalue weighted by Gasteiger charge is 2.29. The Hall–Kier alpha value is -2.16. The van der Waals surface area contributed by atoms with Gasteiger partial charge in [-0.15, -0.1) is 0 Å². The molecule has 0 spiro atoms. The summed E-state index contributed by atoms with van der Waals surface area (Å²) in [7, 11) is 0.306. The van der Waals surface area contributed by atoms with Crippen LogP contribution in [0.4, 0.5) is 5.69 Å². The molecule has 1 N–H and O–H groups in total. The van der Waals surface area contributed by atoms with Crippen LogP contribution in [0.5, 0.6) is 0 Å². The molecule has 0 unspecified atom stereocenters. The summed E-state index contributed by atoms with van der Waals surface area (Å²) in [6, 6.07) is 9.92. The average molecular weight is 459 g/mol. The summed E-state index contributed by atoms with van der Waals surface area (Å²) >= 11 is 0. The number of amides is 1. The van der Waals surface area contributed by atoms with E-state index in [2.05, 4.69) is 17.3 Å². The Bertz CT molecular complexity index is 1050. The third-order valence-corrected chi connectivity index (χ3v) is 8.66. The van der Waals surface area contributed by atoms with Gasteiger partial charge in [-0.3, -0.25) is 9.69 Å². The lowest BCUT2D eigenvalue weighted by molar-refractivity contribution is 0.101. The zero-order chi connectivity index (χ0) is 22.7. The Kier molecular flexibility index (Phi) is 7.02. The first-order valence-corrected chi connectivity index (χ1v) is 13.1. The van der Waals surface area contributed by atoms with Crippen molar-refractivity contribution < 1.29 is 13.2 Å². The molecule has 1 saturated carbocycles. The summed E-state index contributed by atoms with van der Waals surface area (Å²) in [6.07, 6.45) is 9.63. The maximum absolute atomic E-state index is 13.1. The monoisotopic (exact) mass is 458 g/mol. The third kappa shape index (κ3) is 4.92. The molecule has 0 atom stereocenters. The molecule has 1 aliphatic heterocycles. The number of carbonyl (C=O) groups is 1. The largest absolute Gasteiger partial charge is 0.345 e. The van der Waals surface area contributed by atoms with E-state index >= 15 is 0 Å². The van der Waals surface area contributed by atoms with E-state index in [0.29, 0.717) is 24.8 Å². The lowest BCUT2D eigenvalue weighted by atomic mass is 9.94. The molecule has 2 fully saturated rings. The number of anilines is 1. The van der Waals surface area contributed by atoms with Crippen molar-refractivity contribution in [1.29, 1.82) is 0 Å². The second-order valence-electron chi connectivity index (χ2n) is 9.10. The van der Waals surface area contributed by atoms with Gasteiger partial charge in [0, 0.05) is 44.6 Å². The highest BCUT2D eigenvalue weighted by molar-refractivity contribution is 7.89. The van der Waals surface area contributed by atoms with E-state index in [4.69, 9.17) is 0 Å². The number of rotatable bonds is 7. The molecule has 1 saturated heterocycles. The molecule has 2 aliphatic rings. The number of aryl methyl sites for hydroxylation is 1. The molecule has 1 aromatic carbocycles. The van der Waals surface area contributed by atoms with E-state index in [-0.39, 0.29) is 10.8 Å². The zero-order valence-electron chi connectivity index (χ0n) is 19.1. The van der Waals surface area contributed by atoms with Crippen LogP contribution in [0.15, 0.2) is 41.4 Å². The van der Waals surface area contributed by atoms with Crippen LogP contribution in [0.1, 0.15) is 61.0 Å². The number of hydrogen-bond acceptors (Lipinski definition) is 4. The molecule has 1 aromatic heterocycles. The highest BCUT2D eigenvalue weighted by Crippen LogP contribution is 2.26. The molecule has 32 heavy (non-hydrogen) atoms. The quantitative estimate of drug-likeness (QED) is 0.684. The van der Waals surface area contributed by atoms with Gasteiger partial charge >= 0.3 is 0 Å². The van der Waals surface area contributed by atoms with Crippen molar-refractivity contribution in [1.82, 2.24) is 13.8 Å². The second-order valence-corrected chi connectivity index (χ2v) is 11.0. The number of para-hydroxylation sites is 1. The molecular formula is C24H34N4O3S. The molecule has 2 heterocycles. The van der Waals surface area contributed by atoms with Gasteiger partial charge in [0.2, 0.25) is 10.0 Å². The average Bonchev–Trinajstić information content (AvgIpc) is 3.46. The number of sulfonamides is 1. The smallest absolute Gasteiger partial charge is 0.272 e. The van der Waals surface area contributed by atoms with Crippen LogP contribution < -0.4 is 5.32 Å². The molecule has 7 nitrogen and oxygen atoms in total. The minimum absolute atomic E-state index is 0.178. The first-order valence-electron chi connectivity index (χ1n) is 11.6. The highest BCUT2D eigenvalue weighted by atomic mass is 32.2. The molecule has 174 valence electrons. The summed E-state index contributed by atoms with van der Waals surface area (Å²) in [5, 5.41) is 3.02. The Morgan fingerprint density at radius 2 is 1.78 bits per heavy atom. The van der Waals surface area contributed by atoms with Crippen molar-refractivity contribution in [2.24, 2.45) is 7.05 Å². The van der Waals surface area contributed by atoms with Gasteiger partial charge in [-0.1, -0.05) is 37.5 Å². The third-order valence-electron chi connectivity index (χ3n) is 6.80. The standard InChI is InChI=1S/C24H34N4O3S/c1-26(20-11-4-3-5-12-20)17-19-10-6-7-13-22(19)25-24(29)23-16-21(18-27(23)2)32(30,31)28-14-8-9-15-28/h6-7,10,13,16,18,20H,3-5,8-9,11-12,14-15,17H2,1-2H3,(H,25,29). The Morgan fingerprint density at radius 1 is 1.09 bits per heavy atom. The SMILES string of the molecule is CN(Cc1ccccc1NC(=O)c1cc(S(=O)(=O)N2CCCC2)cn1C)C1CCCCC1. The molecule has 1 aliphatic carbocycles. The minimum atomic E-state index is -3.56. The summed E-state index contributed by atoms with van der Waals surface area (Å²) in [5.74, 6) is -0.303. The van der Waals surface area contributed by atoms with Gasteiger partial charge in [0.15, 0.2) is 0 Å². The maximum atomic E-state index is 13.1. The fourth-order valence-electron chi connectivity index (χ4n) is 4.86. The normalized spacial score (nSPS) is 18.3. The molecule has 8 heteroatoms. The van der Waals surface area contributed by atoms with Crippen molar-refractivity contribution in [3.63, 3.8) is 0 Å². The van der Waals surface area contributed by atoms with Gasteiger partial charge in [-0.05, 0) is 50.4 Å². The lowest BCUT2D eigenvalue weighted by Gasteiger charge is -2.31. The maximum Gasteiger partial charge on any atom is 0.272 e. The molecule has 1 amide bonds. The van der Waals surface area contributed by atoms with Gasteiger partial charge in [0.1, 0.15) is 10.6 Å². The van der Waals surface area contributed by atoms with Gasteiger partial charge in [0.25, 0.3) is 5.91 Å². The summed E-state index contributed by atoms with van der Waals surface area (Å²) in [5.41, 5.74) is 2.16. The van der Waals surface area contributed by atoms with Crippen LogP contribution in [-0.4, -0.2) is 54.3 Å². The van der Waals surface area contributed by atoms with E-state index in [1.54, 1.807) is 11.6 Å². The summed E-state index contributed by atoms with van der Waals surface area (Å²) < 4.78 is 28.9. The number of benzene rings is 1. The summed E-state index contributed by atoms with van der Waals surface area (Å²) in [4.78, 5) is 15.6. The van der Waals surface area contributed by atoms with Gasteiger partial charge in [-0.2, -0.15) is 4.31 Å². The van der Waals surface area contributed by atoms with E-state index in [1.165, 1.54) is 48.7 Å². The van der Waals surface area contributed by atoms with Crippen LogP contribution in [-0.2, 0) is 23.6 Å². The molecule has 0 bridgehead atoms. The van der Waals surface area contributed by atoms with Gasteiger partial charge in [0.05, 0.1) is 0 Å². The number of nitrogens with one attached hydrogen (secondary N) is 1. The van der Waals surface area contributed by atoms with Gasteiger partial charge < -0.3 is 9.88 Å². The van der Waals surface area contributed by atoms with Crippen LogP contribution in [0, 0.1) is 0 Å². The predicted octanol–water partition coefficient (Wildman–Crippen LogP) is 3.83. The second kappa shape index (κ2) is 9.77. The van der Waals surface area contributed by atoms with Gasteiger partial charge in [-0.25, -0.2) is 8.42 Å². The first kappa shape index (κ1) is 23.0. The van der Waals surface area contributed by atoms with Crippen molar-refractivity contribution in [2.75, 3.05) is 25.5 Å². The zero-order valence-corrected chi connectivity index (χ0v) is 19.9. The minimum Gasteiger partial charge on any atom is -0.345 e. The van der Waals surface area contributed by atoms with Crippen molar-refractivity contribution >= 4 is 21.6 Å². The summed E-state index contributed by atoms with van der Waals surface area (Å²) in [6.45, 7) is 1.85. The van der Waals surface area contributed by atoms with Crippen LogP contribution in [0.25, 0.3) is 0 Å². The molecule has 4 rings (SSSR count). The fraction of sp³-hybridized carbons (Fsp3) is 0.542. The number of nitrogens with zero attached hydrogens (tertiary/aromatic N) is 3. The van der Waals surface area contributed by atoms with E-state index in [1.807, 2.05) is 24.3 Å². The lowest BCUT2D eigenvalue weighted by Crippen LogP contribution is -2.33. The van der Waals surface area contributed by atoms with Crippen LogP contribution >= 0.6 is 0 Å². The van der Waals surface area contributed by atoms with Crippen molar-refractivity contribution in [2.45, 2.75) is 62.4 Å². The van der Waals surface area contributed by atoms with E-state index in [0.717, 1.165) is 30.6 Å². The van der Waals surface area contributed by atoms with Crippen molar-refractivity contribution in [3.05, 3.63) is 47.8 Å². The van der Waals surface area contributed by atoms with E-state index in [9.17, 15) is 13.2 Å². The molecule has 0 radical (unpaired) electrons. The van der Waals surface area contributed by atoms with Crippen LogP contribution in [0.3, 0.4) is 0 Å². The molecular weight excluding hydrogens is 424 g/mol. The Morgan fingerprint density at radius 3 is 2.50 bits per heavy atom. The number of carbonyl (C=O) groups excluding carboxylic acids is 1. The van der Waals surface area contributed by atoms with Crippen LogP contribution in [0.2, 0.25) is 0 Å². The van der Waals surface area contributed by atoms with E-state index < -0.39 is 10.0 Å². The Labute approximate surface area is 191 Å². The molecule has 2 aromatic rings.